The minimum absolute atomic E-state index is 0.0791. The van der Waals surface area contributed by atoms with E-state index in [1.54, 1.807) is 6.07 Å². The van der Waals surface area contributed by atoms with Crippen molar-refractivity contribution in [1.82, 2.24) is 10.2 Å². The summed E-state index contributed by atoms with van der Waals surface area (Å²) in [5.41, 5.74) is 0.253. The van der Waals surface area contributed by atoms with Gasteiger partial charge in [-0.3, -0.25) is 5.10 Å². The molecule has 1 heterocycles. The van der Waals surface area contributed by atoms with Crippen molar-refractivity contribution in [2.24, 2.45) is 0 Å². The molecular weight excluding hydrogens is 224 g/mol. The topological polar surface area (TPSA) is 40.7 Å². The molecule has 0 saturated heterocycles. The second kappa shape index (κ2) is 4.95. The standard InChI is InChI=1S/C12H13F2N3/c1-2-6-15-11-7-10(16-17-11)12-8(13)4-3-5-9(12)14/h3-5,7H,2,6H2,1H3,(H2,15,16,17). The molecule has 90 valence electrons. The summed E-state index contributed by atoms with van der Waals surface area (Å²) < 4.78 is 27.0. The first-order valence-corrected chi connectivity index (χ1v) is 5.46. The molecule has 1 aromatic carbocycles. The predicted octanol–water partition coefficient (Wildman–Crippen LogP) is 3.18. The van der Waals surface area contributed by atoms with Gasteiger partial charge >= 0.3 is 0 Å². The molecule has 0 radical (unpaired) electrons. The monoisotopic (exact) mass is 237 g/mol. The summed E-state index contributed by atoms with van der Waals surface area (Å²) in [5.74, 6) is -0.615. The largest absolute Gasteiger partial charge is 0.369 e. The fraction of sp³-hybridized carbons (Fsp3) is 0.250. The molecule has 17 heavy (non-hydrogen) atoms. The number of hydrogen-bond donors (Lipinski definition) is 2. The van der Waals surface area contributed by atoms with Crippen molar-refractivity contribution in [1.29, 1.82) is 0 Å². The number of hydrogen-bond acceptors (Lipinski definition) is 2. The van der Waals surface area contributed by atoms with E-state index in [4.69, 9.17) is 0 Å². The zero-order valence-electron chi connectivity index (χ0n) is 9.43. The van der Waals surface area contributed by atoms with Gasteiger partial charge in [0, 0.05) is 12.6 Å². The summed E-state index contributed by atoms with van der Waals surface area (Å²) in [6, 6.07) is 5.37. The first-order valence-electron chi connectivity index (χ1n) is 5.46. The zero-order valence-corrected chi connectivity index (χ0v) is 9.43. The highest BCUT2D eigenvalue weighted by molar-refractivity contribution is 5.64. The van der Waals surface area contributed by atoms with Crippen molar-refractivity contribution >= 4 is 5.82 Å². The minimum Gasteiger partial charge on any atom is -0.369 e. The molecule has 5 heteroatoms. The SMILES string of the molecule is CCCNc1cc(-c2c(F)cccc2F)[nH]n1. The van der Waals surface area contributed by atoms with E-state index in [0.29, 0.717) is 11.5 Å². The molecule has 0 bridgehead atoms. The van der Waals surface area contributed by atoms with Crippen molar-refractivity contribution in [3.05, 3.63) is 35.9 Å². The Hall–Kier alpha value is -1.91. The first kappa shape index (κ1) is 11.6. The molecular formula is C12H13F2N3. The fourth-order valence-corrected chi connectivity index (χ4v) is 1.55. The molecule has 0 fully saturated rings. The van der Waals surface area contributed by atoms with Crippen LogP contribution >= 0.6 is 0 Å². The quantitative estimate of drug-likeness (QED) is 0.857. The smallest absolute Gasteiger partial charge is 0.148 e. The van der Waals surface area contributed by atoms with Crippen LogP contribution in [0.15, 0.2) is 24.3 Å². The van der Waals surface area contributed by atoms with Crippen molar-refractivity contribution in [3.63, 3.8) is 0 Å². The molecule has 0 amide bonds. The Labute approximate surface area is 97.9 Å². The molecule has 0 saturated carbocycles. The number of benzene rings is 1. The number of H-pyrrole nitrogens is 1. The maximum atomic E-state index is 13.5. The highest BCUT2D eigenvalue weighted by atomic mass is 19.1. The van der Waals surface area contributed by atoms with E-state index in [0.717, 1.165) is 13.0 Å². The molecule has 0 aliphatic rings. The van der Waals surface area contributed by atoms with E-state index in [1.165, 1.54) is 18.2 Å². The molecule has 0 spiro atoms. The lowest BCUT2D eigenvalue weighted by Gasteiger charge is -2.00. The van der Waals surface area contributed by atoms with E-state index in [2.05, 4.69) is 15.5 Å². The van der Waals surface area contributed by atoms with Gasteiger partial charge in [-0.25, -0.2) is 8.78 Å². The highest BCUT2D eigenvalue weighted by Gasteiger charge is 2.13. The Morgan fingerprint density at radius 1 is 1.29 bits per heavy atom. The van der Waals surface area contributed by atoms with Crippen LogP contribution in [0, 0.1) is 11.6 Å². The number of aromatic amines is 1. The van der Waals surface area contributed by atoms with Crippen LogP contribution in [-0.2, 0) is 0 Å². The Kier molecular flexibility index (Phi) is 3.37. The van der Waals surface area contributed by atoms with Crippen molar-refractivity contribution < 1.29 is 8.78 Å². The van der Waals surface area contributed by atoms with Crippen LogP contribution in [0.4, 0.5) is 14.6 Å². The minimum atomic E-state index is -0.601. The van der Waals surface area contributed by atoms with Gasteiger partial charge in [-0.05, 0) is 18.6 Å². The summed E-state index contributed by atoms with van der Waals surface area (Å²) in [5, 5.41) is 9.60. The van der Waals surface area contributed by atoms with Crippen LogP contribution in [0.3, 0.4) is 0 Å². The second-order valence-corrected chi connectivity index (χ2v) is 3.69. The Bertz CT molecular complexity index is 488. The van der Waals surface area contributed by atoms with Crippen molar-refractivity contribution in [2.45, 2.75) is 13.3 Å². The van der Waals surface area contributed by atoms with Crippen LogP contribution in [0.5, 0.6) is 0 Å². The van der Waals surface area contributed by atoms with E-state index in [9.17, 15) is 8.78 Å². The molecule has 0 unspecified atom stereocenters. The van der Waals surface area contributed by atoms with Gasteiger partial charge in [0.1, 0.15) is 17.5 Å². The van der Waals surface area contributed by atoms with Gasteiger partial charge < -0.3 is 5.32 Å². The lowest BCUT2D eigenvalue weighted by molar-refractivity contribution is 0.588. The fourth-order valence-electron chi connectivity index (χ4n) is 1.55. The lowest BCUT2D eigenvalue weighted by Crippen LogP contribution is -1.99. The summed E-state index contributed by atoms with van der Waals surface area (Å²) in [6.45, 7) is 2.79. The molecule has 0 atom stereocenters. The van der Waals surface area contributed by atoms with E-state index < -0.39 is 11.6 Å². The maximum Gasteiger partial charge on any atom is 0.148 e. The van der Waals surface area contributed by atoms with Crippen LogP contribution in [-0.4, -0.2) is 16.7 Å². The summed E-state index contributed by atoms with van der Waals surface area (Å²) in [7, 11) is 0. The molecule has 3 nitrogen and oxygen atoms in total. The molecule has 0 aliphatic carbocycles. The molecule has 2 aromatic rings. The van der Waals surface area contributed by atoms with Crippen LogP contribution < -0.4 is 5.32 Å². The van der Waals surface area contributed by atoms with Gasteiger partial charge in [0.05, 0.1) is 11.3 Å². The van der Waals surface area contributed by atoms with Gasteiger partial charge in [0.2, 0.25) is 0 Å². The predicted molar refractivity (Wildman–Crippen MR) is 62.7 cm³/mol. The van der Waals surface area contributed by atoms with Gasteiger partial charge in [0.15, 0.2) is 0 Å². The van der Waals surface area contributed by atoms with Crippen LogP contribution in [0.25, 0.3) is 11.3 Å². The van der Waals surface area contributed by atoms with E-state index in [-0.39, 0.29) is 5.56 Å². The number of anilines is 1. The van der Waals surface area contributed by atoms with Gasteiger partial charge in [-0.1, -0.05) is 13.0 Å². The average Bonchev–Trinajstić information content (AvgIpc) is 2.75. The number of halogens is 2. The molecule has 2 rings (SSSR count). The Morgan fingerprint density at radius 3 is 2.65 bits per heavy atom. The number of nitrogens with zero attached hydrogens (tertiary/aromatic N) is 1. The molecule has 0 aliphatic heterocycles. The van der Waals surface area contributed by atoms with Crippen LogP contribution in [0.1, 0.15) is 13.3 Å². The van der Waals surface area contributed by atoms with E-state index >= 15 is 0 Å². The third-order valence-electron chi connectivity index (χ3n) is 2.37. The summed E-state index contributed by atoms with van der Waals surface area (Å²) in [6.07, 6.45) is 0.955. The van der Waals surface area contributed by atoms with Gasteiger partial charge in [0.25, 0.3) is 0 Å². The highest BCUT2D eigenvalue weighted by Crippen LogP contribution is 2.25. The van der Waals surface area contributed by atoms with Crippen molar-refractivity contribution in [2.75, 3.05) is 11.9 Å². The third kappa shape index (κ3) is 2.43. The number of rotatable bonds is 4. The van der Waals surface area contributed by atoms with Gasteiger partial charge in [-0.15, -0.1) is 0 Å². The molecule has 2 N–H and O–H groups in total. The summed E-state index contributed by atoms with van der Waals surface area (Å²) >= 11 is 0. The number of nitrogens with one attached hydrogen (secondary N) is 2. The van der Waals surface area contributed by atoms with Gasteiger partial charge in [-0.2, -0.15) is 5.10 Å². The normalized spacial score (nSPS) is 10.5. The third-order valence-corrected chi connectivity index (χ3v) is 2.37. The zero-order chi connectivity index (χ0) is 12.3. The van der Waals surface area contributed by atoms with E-state index in [1.807, 2.05) is 6.92 Å². The van der Waals surface area contributed by atoms with Crippen LogP contribution in [0.2, 0.25) is 0 Å². The Morgan fingerprint density at radius 2 is 2.00 bits per heavy atom. The summed E-state index contributed by atoms with van der Waals surface area (Å²) in [4.78, 5) is 0. The maximum absolute atomic E-state index is 13.5. The lowest BCUT2D eigenvalue weighted by atomic mass is 10.1. The van der Waals surface area contributed by atoms with Crippen molar-refractivity contribution in [3.8, 4) is 11.3 Å². The first-order chi connectivity index (χ1) is 8.22. The molecule has 1 aromatic heterocycles. The second-order valence-electron chi connectivity index (χ2n) is 3.69. The average molecular weight is 237 g/mol. The Balaban J connectivity index is 2.30. The number of aromatic nitrogens is 2.